The Labute approximate surface area is 152 Å². The Morgan fingerprint density at radius 2 is 2.24 bits per heavy atom. The highest BCUT2D eigenvalue weighted by molar-refractivity contribution is 7.89. The van der Waals surface area contributed by atoms with Gasteiger partial charge in [-0.3, -0.25) is 0 Å². The van der Waals surface area contributed by atoms with Crippen molar-refractivity contribution in [1.29, 1.82) is 0 Å². The topological polar surface area (TPSA) is 82.5 Å². The van der Waals surface area contributed by atoms with Crippen LogP contribution in [0.3, 0.4) is 0 Å². The molecule has 25 heavy (non-hydrogen) atoms. The van der Waals surface area contributed by atoms with E-state index in [1.54, 1.807) is 18.6 Å². The molecule has 3 rings (SSSR count). The van der Waals surface area contributed by atoms with E-state index in [4.69, 9.17) is 21.1 Å². The van der Waals surface area contributed by atoms with Gasteiger partial charge in [0.15, 0.2) is 0 Å². The highest BCUT2D eigenvalue weighted by Crippen LogP contribution is 2.30. The SMILES string of the molecule is COc1ccc(Cl)c(S(=O)(=O)N[C@@H]2CCO[C@H](c3cncn3C)C2)c1. The van der Waals surface area contributed by atoms with E-state index in [2.05, 4.69) is 9.71 Å². The molecule has 0 amide bonds. The number of methoxy groups -OCH3 is 1. The molecule has 1 aromatic carbocycles. The minimum atomic E-state index is -3.77. The number of imidazole rings is 1. The molecular formula is C16H20ClN3O4S. The first-order valence-corrected chi connectivity index (χ1v) is 9.70. The maximum Gasteiger partial charge on any atom is 0.242 e. The van der Waals surface area contributed by atoms with Gasteiger partial charge in [0.05, 0.1) is 30.4 Å². The van der Waals surface area contributed by atoms with Crippen molar-refractivity contribution < 1.29 is 17.9 Å². The van der Waals surface area contributed by atoms with Crippen LogP contribution in [0.4, 0.5) is 0 Å². The smallest absolute Gasteiger partial charge is 0.242 e. The standard InChI is InChI=1S/C16H20ClN3O4S/c1-20-10-18-9-14(20)15-7-11(5-6-24-15)19-25(21,22)16-8-12(23-2)3-4-13(16)17/h3-4,8-11,15,19H,5-7H2,1-2H3/t11-,15+/m1/s1. The van der Waals surface area contributed by atoms with Crippen molar-refractivity contribution in [2.75, 3.05) is 13.7 Å². The van der Waals surface area contributed by atoms with Crippen molar-refractivity contribution in [1.82, 2.24) is 14.3 Å². The second-order valence-corrected chi connectivity index (χ2v) is 8.02. The fourth-order valence-electron chi connectivity index (χ4n) is 2.89. The number of ether oxygens (including phenoxy) is 2. The third-order valence-corrected chi connectivity index (χ3v) is 6.22. The second kappa shape index (κ2) is 7.33. The van der Waals surface area contributed by atoms with Crippen LogP contribution in [0.1, 0.15) is 24.6 Å². The summed E-state index contributed by atoms with van der Waals surface area (Å²) in [5, 5.41) is 0.156. The van der Waals surface area contributed by atoms with Crippen molar-refractivity contribution in [3.05, 3.63) is 41.4 Å². The Balaban J connectivity index is 1.78. The number of hydrogen-bond acceptors (Lipinski definition) is 5. The van der Waals surface area contributed by atoms with Crippen LogP contribution in [0.2, 0.25) is 5.02 Å². The normalized spacial score (nSPS) is 21.2. The van der Waals surface area contributed by atoms with Crippen molar-refractivity contribution in [3.8, 4) is 5.75 Å². The molecule has 9 heteroatoms. The largest absolute Gasteiger partial charge is 0.497 e. The lowest BCUT2D eigenvalue weighted by molar-refractivity contribution is -0.0000446. The Morgan fingerprint density at radius 1 is 1.44 bits per heavy atom. The molecule has 0 bridgehead atoms. The molecular weight excluding hydrogens is 366 g/mol. The predicted octanol–water partition coefficient (Wildman–Crippen LogP) is 2.28. The summed E-state index contributed by atoms with van der Waals surface area (Å²) in [6.07, 6.45) is 4.35. The average Bonchev–Trinajstić information content (AvgIpc) is 3.01. The van der Waals surface area contributed by atoms with Crippen molar-refractivity contribution >= 4 is 21.6 Å². The van der Waals surface area contributed by atoms with E-state index in [9.17, 15) is 8.42 Å². The molecule has 1 fully saturated rings. The fraction of sp³-hybridized carbons (Fsp3) is 0.438. The summed E-state index contributed by atoms with van der Waals surface area (Å²) in [6.45, 7) is 0.467. The van der Waals surface area contributed by atoms with E-state index in [1.807, 2.05) is 11.6 Å². The van der Waals surface area contributed by atoms with E-state index in [0.29, 0.717) is 25.2 Å². The molecule has 0 saturated carbocycles. The van der Waals surface area contributed by atoms with E-state index >= 15 is 0 Å². The molecule has 0 aliphatic carbocycles. The molecule has 0 unspecified atom stereocenters. The molecule has 1 aliphatic rings. The van der Waals surface area contributed by atoms with Crippen LogP contribution in [-0.4, -0.2) is 37.7 Å². The molecule has 1 aliphatic heterocycles. The van der Waals surface area contributed by atoms with E-state index < -0.39 is 10.0 Å². The molecule has 1 saturated heterocycles. The Hall–Kier alpha value is -1.61. The van der Waals surface area contributed by atoms with Crippen LogP contribution in [0.15, 0.2) is 35.6 Å². The third-order valence-electron chi connectivity index (χ3n) is 4.22. The average molecular weight is 386 g/mol. The number of nitrogens with one attached hydrogen (secondary N) is 1. The zero-order valence-corrected chi connectivity index (χ0v) is 15.5. The van der Waals surface area contributed by atoms with Gasteiger partial charge in [-0.05, 0) is 25.0 Å². The van der Waals surface area contributed by atoms with E-state index in [-0.39, 0.29) is 22.1 Å². The minimum Gasteiger partial charge on any atom is -0.497 e. The first-order valence-electron chi connectivity index (χ1n) is 7.84. The van der Waals surface area contributed by atoms with Crippen LogP contribution in [-0.2, 0) is 21.8 Å². The van der Waals surface area contributed by atoms with Crippen LogP contribution >= 0.6 is 11.6 Å². The lowest BCUT2D eigenvalue weighted by atomic mass is 10.0. The maximum absolute atomic E-state index is 12.7. The molecule has 2 atom stereocenters. The Kier molecular flexibility index (Phi) is 5.33. The molecule has 0 spiro atoms. The van der Waals surface area contributed by atoms with E-state index in [0.717, 1.165) is 5.69 Å². The fourth-order valence-corrected chi connectivity index (χ4v) is 4.69. The van der Waals surface area contributed by atoms with Gasteiger partial charge in [-0.2, -0.15) is 0 Å². The minimum absolute atomic E-state index is 0.0112. The van der Waals surface area contributed by atoms with Crippen LogP contribution < -0.4 is 9.46 Å². The van der Waals surface area contributed by atoms with Gasteiger partial charge in [0.2, 0.25) is 10.0 Å². The van der Waals surface area contributed by atoms with Gasteiger partial charge >= 0.3 is 0 Å². The number of nitrogens with zero attached hydrogens (tertiary/aromatic N) is 2. The number of aryl methyl sites for hydroxylation is 1. The highest BCUT2D eigenvalue weighted by Gasteiger charge is 2.30. The number of halogens is 1. The number of rotatable bonds is 5. The Morgan fingerprint density at radius 3 is 2.92 bits per heavy atom. The number of sulfonamides is 1. The van der Waals surface area contributed by atoms with Crippen LogP contribution in [0, 0.1) is 0 Å². The summed E-state index contributed by atoms with van der Waals surface area (Å²) in [5.41, 5.74) is 0.920. The van der Waals surface area contributed by atoms with Crippen molar-refractivity contribution in [2.24, 2.45) is 7.05 Å². The van der Waals surface area contributed by atoms with Crippen LogP contribution in [0.25, 0.3) is 0 Å². The number of benzene rings is 1. The highest BCUT2D eigenvalue weighted by atomic mass is 35.5. The molecule has 2 heterocycles. The number of hydrogen-bond donors (Lipinski definition) is 1. The molecule has 1 N–H and O–H groups in total. The molecule has 2 aromatic rings. The van der Waals surface area contributed by atoms with Gasteiger partial charge in [0.25, 0.3) is 0 Å². The maximum atomic E-state index is 12.7. The van der Waals surface area contributed by atoms with Gasteiger partial charge in [0.1, 0.15) is 16.7 Å². The summed E-state index contributed by atoms with van der Waals surface area (Å²) in [7, 11) is -0.405. The zero-order valence-electron chi connectivity index (χ0n) is 14.0. The summed E-state index contributed by atoms with van der Waals surface area (Å²) >= 11 is 6.08. The zero-order chi connectivity index (χ0) is 18.0. The third kappa shape index (κ3) is 3.98. The first-order chi connectivity index (χ1) is 11.9. The lowest BCUT2D eigenvalue weighted by Gasteiger charge is -2.30. The summed E-state index contributed by atoms with van der Waals surface area (Å²) in [5.74, 6) is 0.435. The van der Waals surface area contributed by atoms with E-state index in [1.165, 1.54) is 19.2 Å². The lowest BCUT2D eigenvalue weighted by Crippen LogP contribution is -2.40. The van der Waals surface area contributed by atoms with Gasteiger partial charge in [0, 0.05) is 25.8 Å². The van der Waals surface area contributed by atoms with Crippen molar-refractivity contribution in [2.45, 2.75) is 29.9 Å². The van der Waals surface area contributed by atoms with Gasteiger partial charge in [-0.25, -0.2) is 18.1 Å². The second-order valence-electron chi connectivity index (χ2n) is 5.93. The quantitative estimate of drug-likeness (QED) is 0.853. The summed E-state index contributed by atoms with van der Waals surface area (Å²) < 4.78 is 41.0. The van der Waals surface area contributed by atoms with Gasteiger partial charge in [-0.1, -0.05) is 11.6 Å². The van der Waals surface area contributed by atoms with Crippen LogP contribution in [0.5, 0.6) is 5.75 Å². The molecule has 0 radical (unpaired) electrons. The first kappa shape index (κ1) is 18.2. The molecule has 7 nitrogen and oxygen atoms in total. The summed E-state index contributed by atoms with van der Waals surface area (Å²) in [4.78, 5) is 4.10. The van der Waals surface area contributed by atoms with Gasteiger partial charge in [-0.15, -0.1) is 0 Å². The summed E-state index contributed by atoms with van der Waals surface area (Å²) in [6, 6.07) is 4.30. The van der Waals surface area contributed by atoms with Crippen molar-refractivity contribution in [3.63, 3.8) is 0 Å². The Bertz CT molecular complexity index is 853. The molecule has 1 aromatic heterocycles. The van der Waals surface area contributed by atoms with Gasteiger partial charge < -0.3 is 14.0 Å². The predicted molar refractivity (Wildman–Crippen MR) is 93.2 cm³/mol. The number of aromatic nitrogens is 2. The molecule has 136 valence electrons. The monoisotopic (exact) mass is 385 g/mol.